The van der Waals surface area contributed by atoms with Crippen molar-refractivity contribution in [3.63, 3.8) is 0 Å². The number of fused-ring (bicyclic) bond motifs is 1. The van der Waals surface area contributed by atoms with Crippen molar-refractivity contribution < 1.29 is 0 Å². The van der Waals surface area contributed by atoms with Crippen LogP contribution in [0.1, 0.15) is 110 Å². The van der Waals surface area contributed by atoms with E-state index >= 15 is 0 Å². The van der Waals surface area contributed by atoms with Crippen molar-refractivity contribution in [2.24, 2.45) is 5.41 Å². The van der Waals surface area contributed by atoms with E-state index in [4.69, 9.17) is 4.98 Å². The number of aromatic nitrogens is 4. The molecule has 3 fully saturated rings. The van der Waals surface area contributed by atoms with Gasteiger partial charge in [0, 0.05) is 23.4 Å². The van der Waals surface area contributed by atoms with E-state index in [1.165, 1.54) is 94.0 Å². The van der Waals surface area contributed by atoms with Crippen LogP contribution in [0.5, 0.6) is 0 Å². The van der Waals surface area contributed by atoms with Gasteiger partial charge in [-0.25, -0.2) is 9.97 Å². The predicted octanol–water partition coefficient (Wildman–Crippen LogP) is 6.32. The van der Waals surface area contributed by atoms with E-state index in [9.17, 15) is 0 Å². The number of aromatic amines is 2. The topological polar surface area (TPSA) is 69.4 Å². The van der Waals surface area contributed by atoms with Gasteiger partial charge in [0.2, 0.25) is 0 Å². The van der Waals surface area contributed by atoms with Crippen molar-refractivity contribution in [1.82, 2.24) is 25.3 Å². The second kappa shape index (κ2) is 8.37. The first kappa shape index (κ1) is 20.9. The van der Waals surface area contributed by atoms with Crippen molar-refractivity contribution in [3.05, 3.63) is 59.1 Å². The smallest absolute Gasteiger partial charge is 0.123 e. The summed E-state index contributed by atoms with van der Waals surface area (Å²) in [6.07, 6.45) is 21.8. The molecular weight excluding hydrogens is 418 g/mol. The van der Waals surface area contributed by atoms with Gasteiger partial charge in [0.1, 0.15) is 5.82 Å². The number of hydrogen-bond acceptors (Lipinski definition) is 3. The third kappa shape index (κ3) is 3.55. The summed E-state index contributed by atoms with van der Waals surface area (Å²) in [5, 5.41) is 3.58. The molecule has 34 heavy (non-hydrogen) atoms. The van der Waals surface area contributed by atoms with Crippen molar-refractivity contribution in [1.29, 1.82) is 0 Å². The normalized spacial score (nSPS) is 28.1. The van der Waals surface area contributed by atoms with Gasteiger partial charge in [0.15, 0.2) is 0 Å². The molecule has 2 saturated carbocycles. The standard InChI is InChI=1S/C29H37N5/c1-2-12-29(11-1)14-23-21(9-10-22(24(23)15-29)27-16-30-18-33-27)19-5-7-20(8-6-19)26-17-32-28(34-26)25-4-3-13-31-25/h9-10,16-20,25,31H,1-8,11-15H2,(H,30,33)(H,32,34)/t19?,20?,25-/m0/s1. The monoisotopic (exact) mass is 455 g/mol. The Labute approximate surface area is 202 Å². The summed E-state index contributed by atoms with van der Waals surface area (Å²) < 4.78 is 0. The van der Waals surface area contributed by atoms with Crippen LogP contribution in [0.2, 0.25) is 0 Å². The fraction of sp³-hybridized carbons (Fsp3) is 0.586. The number of imidazole rings is 2. The minimum atomic E-state index is 0.434. The summed E-state index contributed by atoms with van der Waals surface area (Å²) in [5.41, 5.74) is 9.49. The van der Waals surface area contributed by atoms with Gasteiger partial charge >= 0.3 is 0 Å². The highest BCUT2D eigenvalue weighted by Gasteiger charge is 2.42. The summed E-state index contributed by atoms with van der Waals surface area (Å²) in [7, 11) is 0. The highest BCUT2D eigenvalue weighted by atomic mass is 15.0. The van der Waals surface area contributed by atoms with E-state index in [0.717, 1.165) is 12.4 Å². The lowest BCUT2D eigenvalue weighted by atomic mass is 9.75. The molecule has 1 aromatic carbocycles. The lowest BCUT2D eigenvalue weighted by molar-refractivity contribution is 0.316. The van der Waals surface area contributed by atoms with E-state index < -0.39 is 0 Å². The molecule has 3 N–H and O–H groups in total. The molecule has 1 atom stereocenters. The van der Waals surface area contributed by atoms with Gasteiger partial charge in [0.25, 0.3) is 0 Å². The van der Waals surface area contributed by atoms with Crippen LogP contribution in [0.4, 0.5) is 0 Å². The molecule has 178 valence electrons. The molecule has 1 aliphatic heterocycles. The fourth-order valence-corrected chi connectivity index (χ4v) is 7.82. The van der Waals surface area contributed by atoms with Crippen LogP contribution < -0.4 is 5.32 Å². The van der Waals surface area contributed by atoms with Gasteiger partial charge in [-0.05, 0) is 98.8 Å². The van der Waals surface area contributed by atoms with Gasteiger partial charge in [0.05, 0.1) is 24.3 Å². The van der Waals surface area contributed by atoms with Gasteiger partial charge in [-0.15, -0.1) is 0 Å². The Morgan fingerprint density at radius 2 is 1.68 bits per heavy atom. The summed E-state index contributed by atoms with van der Waals surface area (Å²) in [4.78, 5) is 16.1. The van der Waals surface area contributed by atoms with Crippen molar-refractivity contribution in [2.75, 3.05) is 6.54 Å². The van der Waals surface area contributed by atoms with Crippen LogP contribution in [0.15, 0.2) is 30.9 Å². The minimum Gasteiger partial charge on any atom is -0.345 e. The molecule has 0 amide bonds. The molecule has 3 aromatic rings. The second-order valence-corrected chi connectivity index (χ2v) is 11.6. The Hall–Kier alpha value is -2.40. The molecule has 3 heterocycles. The number of rotatable bonds is 4. The molecule has 7 rings (SSSR count). The molecule has 5 heteroatoms. The highest BCUT2D eigenvalue weighted by molar-refractivity contribution is 5.68. The highest BCUT2D eigenvalue weighted by Crippen LogP contribution is 2.53. The van der Waals surface area contributed by atoms with Gasteiger partial charge in [-0.3, -0.25) is 0 Å². The maximum Gasteiger partial charge on any atom is 0.123 e. The zero-order valence-corrected chi connectivity index (χ0v) is 20.2. The van der Waals surface area contributed by atoms with Crippen LogP contribution in [-0.2, 0) is 12.8 Å². The Morgan fingerprint density at radius 1 is 0.853 bits per heavy atom. The van der Waals surface area contributed by atoms with Crippen molar-refractivity contribution in [2.45, 2.75) is 94.9 Å². The first-order valence-corrected chi connectivity index (χ1v) is 13.7. The molecule has 0 bridgehead atoms. The van der Waals surface area contributed by atoms with Crippen molar-refractivity contribution in [3.8, 4) is 11.3 Å². The molecule has 3 aliphatic carbocycles. The molecule has 0 radical (unpaired) electrons. The number of nitrogens with zero attached hydrogens (tertiary/aromatic N) is 2. The zero-order chi connectivity index (χ0) is 22.5. The number of hydrogen-bond donors (Lipinski definition) is 3. The van der Waals surface area contributed by atoms with Crippen LogP contribution in [0.3, 0.4) is 0 Å². The second-order valence-electron chi connectivity index (χ2n) is 11.6. The van der Waals surface area contributed by atoms with E-state index in [-0.39, 0.29) is 0 Å². The Morgan fingerprint density at radius 3 is 2.44 bits per heavy atom. The zero-order valence-electron chi connectivity index (χ0n) is 20.2. The SMILES string of the molecule is c1ncc(-c2ccc(C3CCC(c4cnc([C@@H]5CCCN5)[nH]4)CC3)c3c2CC2(CCCC2)C3)[nH]1. The Bertz CT molecular complexity index is 1140. The molecule has 1 saturated heterocycles. The number of nitrogens with one attached hydrogen (secondary N) is 3. The van der Waals surface area contributed by atoms with Crippen LogP contribution in [0.25, 0.3) is 11.3 Å². The average molecular weight is 456 g/mol. The fourth-order valence-electron chi connectivity index (χ4n) is 7.82. The first-order valence-electron chi connectivity index (χ1n) is 13.7. The number of benzene rings is 1. The Kier molecular flexibility index (Phi) is 5.15. The minimum absolute atomic E-state index is 0.434. The largest absolute Gasteiger partial charge is 0.345 e. The van der Waals surface area contributed by atoms with Gasteiger partial charge in [-0.1, -0.05) is 25.0 Å². The van der Waals surface area contributed by atoms with Crippen molar-refractivity contribution >= 4 is 0 Å². The third-order valence-electron chi connectivity index (χ3n) is 9.64. The molecule has 0 unspecified atom stereocenters. The average Bonchev–Trinajstić information content (AvgIpc) is 3.69. The maximum absolute atomic E-state index is 4.75. The quantitative estimate of drug-likeness (QED) is 0.431. The molecule has 4 aliphatic rings. The van der Waals surface area contributed by atoms with Gasteiger partial charge < -0.3 is 15.3 Å². The summed E-state index contributed by atoms with van der Waals surface area (Å²) in [5.74, 6) is 2.50. The molecule has 2 aromatic heterocycles. The molecule has 5 nitrogen and oxygen atoms in total. The lowest BCUT2D eigenvalue weighted by Gasteiger charge is -2.30. The van der Waals surface area contributed by atoms with Crippen LogP contribution >= 0.6 is 0 Å². The van der Waals surface area contributed by atoms with E-state index in [2.05, 4.69) is 38.6 Å². The number of H-pyrrole nitrogens is 2. The first-order chi connectivity index (χ1) is 16.8. The third-order valence-corrected chi connectivity index (χ3v) is 9.64. The van der Waals surface area contributed by atoms with Gasteiger partial charge in [-0.2, -0.15) is 0 Å². The summed E-state index contributed by atoms with van der Waals surface area (Å²) in [6, 6.07) is 5.31. The van der Waals surface area contributed by atoms with Crippen LogP contribution in [-0.4, -0.2) is 26.5 Å². The van der Waals surface area contributed by atoms with E-state index in [0.29, 0.717) is 23.3 Å². The molecular formula is C29H37N5. The maximum atomic E-state index is 4.75. The van der Waals surface area contributed by atoms with E-state index in [1.54, 1.807) is 16.7 Å². The lowest BCUT2D eigenvalue weighted by Crippen LogP contribution is -2.17. The predicted molar refractivity (Wildman–Crippen MR) is 135 cm³/mol. The van der Waals surface area contributed by atoms with E-state index in [1.807, 2.05) is 12.5 Å². The molecule has 1 spiro atoms. The Balaban J connectivity index is 1.12. The summed E-state index contributed by atoms with van der Waals surface area (Å²) >= 11 is 0. The summed E-state index contributed by atoms with van der Waals surface area (Å²) in [6.45, 7) is 1.12. The van der Waals surface area contributed by atoms with Crippen LogP contribution in [0, 0.1) is 5.41 Å².